The van der Waals surface area contributed by atoms with Crippen molar-refractivity contribution in [2.75, 3.05) is 6.61 Å². The Morgan fingerprint density at radius 2 is 2.06 bits per heavy atom. The van der Waals surface area contributed by atoms with Gasteiger partial charge in [-0.15, -0.1) is 12.3 Å². The van der Waals surface area contributed by atoms with Gasteiger partial charge in [-0.1, -0.05) is 19.3 Å². The highest BCUT2D eigenvalue weighted by Gasteiger charge is 2.24. The Kier molecular flexibility index (Phi) is 6.27. The Morgan fingerprint density at radius 3 is 2.67 bits per heavy atom. The quantitative estimate of drug-likeness (QED) is 0.459. The van der Waals surface area contributed by atoms with Gasteiger partial charge in [0.05, 0.1) is 0 Å². The summed E-state index contributed by atoms with van der Waals surface area (Å²) in [6, 6.07) is -0.600. The Labute approximate surface area is 108 Å². The molecule has 1 N–H and O–H groups in total. The topological polar surface area (TPSA) is 55.4 Å². The predicted molar refractivity (Wildman–Crippen MR) is 68.6 cm³/mol. The summed E-state index contributed by atoms with van der Waals surface area (Å²) in [5.74, 6) is 1.99. The second kappa shape index (κ2) is 7.75. The third-order valence-corrected chi connectivity index (χ3v) is 3.18. The second-order valence-corrected chi connectivity index (χ2v) is 4.69. The molecule has 1 amide bonds. The molecule has 100 valence electrons. The molecule has 0 aromatic carbocycles. The number of carbonyl (C=O) groups excluding carboxylic acids is 2. The van der Waals surface area contributed by atoms with Crippen LogP contribution in [-0.2, 0) is 14.3 Å². The highest BCUT2D eigenvalue weighted by atomic mass is 16.5. The van der Waals surface area contributed by atoms with Gasteiger partial charge < -0.3 is 10.1 Å². The summed E-state index contributed by atoms with van der Waals surface area (Å²) in [6.45, 7) is 1.85. The van der Waals surface area contributed by atoms with Crippen LogP contribution < -0.4 is 5.32 Å². The van der Waals surface area contributed by atoms with Crippen molar-refractivity contribution in [3.8, 4) is 12.3 Å². The van der Waals surface area contributed by atoms with Gasteiger partial charge in [0.15, 0.2) is 0 Å². The number of esters is 1. The van der Waals surface area contributed by atoms with Crippen molar-refractivity contribution in [2.24, 2.45) is 5.92 Å². The van der Waals surface area contributed by atoms with Crippen LogP contribution in [0.1, 0.15) is 45.4 Å². The van der Waals surface area contributed by atoms with Crippen LogP contribution in [0.5, 0.6) is 0 Å². The van der Waals surface area contributed by atoms with Crippen LogP contribution in [0.2, 0.25) is 0 Å². The van der Waals surface area contributed by atoms with Crippen LogP contribution in [-0.4, -0.2) is 24.5 Å². The molecule has 0 aliphatic heterocycles. The number of hydrogen-bond acceptors (Lipinski definition) is 3. The summed E-state index contributed by atoms with van der Waals surface area (Å²) < 4.78 is 4.94. The van der Waals surface area contributed by atoms with Crippen molar-refractivity contribution >= 4 is 11.9 Å². The second-order valence-electron chi connectivity index (χ2n) is 4.69. The van der Waals surface area contributed by atoms with Crippen LogP contribution in [0, 0.1) is 18.3 Å². The lowest BCUT2D eigenvalue weighted by Crippen LogP contribution is -2.43. The average molecular weight is 251 g/mol. The maximum absolute atomic E-state index is 11.9. The van der Waals surface area contributed by atoms with E-state index in [0.29, 0.717) is 6.42 Å². The lowest BCUT2D eigenvalue weighted by Gasteiger charge is -2.22. The molecule has 1 fully saturated rings. The van der Waals surface area contributed by atoms with E-state index in [2.05, 4.69) is 11.2 Å². The number of terminal acetylenes is 1. The molecule has 0 unspecified atom stereocenters. The molecule has 18 heavy (non-hydrogen) atoms. The molecule has 1 atom stereocenters. The average Bonchev–Trinajstić information content (AvgIpc) is 2.39. The zero-order chi connectivity index (χ0) is 13.4. The molecule has 4 heteroatoms. The standard InChI is InChI=1S/C14H21NO3/c1-3-4-10-18-14(17)11(2)15-13(16)12-8-6-5-7-9-12/h1,11-12H,4-10H2,2H3,(H,15,16)/t11-/m1/s1. The first-order valence-corrected chi connectivity index (χ1v) is 6.55. The summed E-state index contributed by atoms with van der Waals surface area (Å²) in [6.07, 6.45) is 10.7. The Bertz CT molecular complexity index is 326. The first-order chi connectivity index (χ1) is 8.65. The monoisotopic (exact) mass is 251 g/mol. The normalized spacial score (nSPS) is 17.6. The van der Waals surface area contributed by atoms with Gasteiger partial charge in [0.1, 0.15) is 12.6 Å². The Hall–Kier alpha value is -1.50. The van der Waals surface area contributed by atoms with E-state index in [9.17, 15) is 9.59 Å². The van der Waals surface area contributed by atoms with Crippen molar-refractivity contribution in [3.63, 3.8) is 0 Å². The number of ether oxygens (including phenoxy) is 1. The van der Waals surface area contributed by atoms with E-state index in [-0.39, 0.29) is 18.4 Å². The third kappa shape index (κ3) is 4.79. The molecular formula is C14H21NO3. The Morgan fingerprint density at radius 1 is 1.39 bits per heavy atom. The summed E-state index contributed by atoms with van der Waals surface area (Å²) in [4.78, 5) is 23.4. The van der Waals surface area contributed by atoms with E-state index >= 15 is 0 Å². The van der Waals surface area contributed by atoms with Gasteiger partial charge in [-0.25, -0.2) is 4.79 Å². The van der Waals surface area contributed by atoms with Crippen LogP contribution in [0.15, 0.2) is 0 Å². The number of nitrogens with one attached hydrogen (secondary N) is 1. The first kappa shape index (κ1) is 14.6. The van der Waals surface area contributed by atoms with Gasteiger partial charge in [-0.2, -0.15) is 0 Å². The fourth-order valence-corrected chi connectivity index (χ4v) is 2.09. The minimum absolute atomic E-state index is 0.0314. The molecule has 0 bridgehead atoms. The van der Waals surface area contributed by atoms with E-state index in [1.165, 1.54) is 6.42 Å². The third-order valence-electron chi connectivity index (χ3n) is 3.18. The molecule has 0 heterocycles. The fourth-order valence-electron chi connectivity index (χ4n) is 2.09. The van der Waals surface area contributed by atoms with Crippen molar-refractivity contribution < 1.29 is 14.3 Å². The molecular weight excluding hydrogens is 230 g/mol. The highest BCUT2D eigenvalue weighted by Crippen LogP contribution is 2.23. The lowest BCUT2D eigenvalue weighted by molar-refractivity contribution is -0.147. The van der Waals surface area contributed by atoms with Gasteiger partial charge >= 0.3 is 5.97 Å². The molecule has 1 aliphatic carbocycles. The minimum Gasteiger partial charge on any atom is -0.463 e. The van der Waals surface area contributed by atoms with E-state index in [4.69, 9.17) is 11.2 Å². The number of carbonyl (C=O) groups is 2. The van der Waals surface area contributed by atoms with Crippen molar-refractivity contribution in [1.29, 1.82) is 0 Å². The smallest absolute Gasteiger partial charge is 0.328 e. The number of rotatable bonds is 5. The molecule has 0 aromatic heterocycles. The van der Waals surface area contributed by atoms with Gasteiger partial charge in [0.2, 0.25) is 5.91 Å². The fraction of sp³-hybridized carbons (Fsp3) is 0.714. The number of amides is 1. The van der Waals surface area contributed by atoms with Gasteiger partial charge in [-0.05, 0) is 19.8 Å². The molecule has 1 saturated carbocycles. The van der Waals surface area contributed by atoms with Crippen LogP contribution in [0.4, 0.5) is 0 Å². The molecule has 0 spiro atoms. The predicted octanol–water partition coefficient (Wildman–Crippen LogP) is 1.64. The first-order valence-electron chi connectivity index (χ1n) is 6.55. The maximum atomic E-state index is 11.9. The van der Waals surface area contributed by atoms with E-state index in [1.54, 1.807) is 6.92 Å². The highest BCUT2D eigenvalue weighted by molar-refractivity contribution is 5.85. The SMILES string of the molecule is C#CCCOC(=O)[C@@H](C)NC(=O)C1CCCCC1. The van der Waals surface area contributed by atoms with Crippen LogP contribution in [0.25, 0.3) is 0 Å². The van der Waals surface area contributed by atoms with Crippen LogP contribution >= 0.6 is 0 Å². The maximum Gasteiger partial charge on any atom is 0.328 e. The van der Waals surface area contributed by atoms with Gasteiger partial charge in [0.25, 0.3) is 0 Å². The minimum atomic E-state index is -0.600. The van der Waals surface area contributed by atoms with Crippen molar-refractivity contribution in [1.82, 2.24) is 5.32 Å². The Balaban J connectivity index is 2.29. The summed E-state index contributed by atoms with van der Waals surface area (Å²) >= 11 is 0. The zero-order valence-electron chi connectivity index (χ0n) is 10.9. The molecule has 0 aromatic rings. The van der Waals surface area contributed by atoms with Crippen molar-refractivity contribution in [3.05, 3.63) is 0 Å². The van der Waals surface area contributed by atoms with E-state index in [0.717, 1.165) is 25.7 Å². The molecule has 0 radical (unpaired) electrons. The van der Waals surface area contributed by atoms with Gasteiger partial charge in [-0.3, -0.25) is 4.79 Å². The zero-order valence-corrected chi connectivity index (χ0v) is 10.9. The summed E-state index contributed by atoms with van der Waals surface area (Å²) in [5.41, 5.74) is 0. The molecule has 0 saturated heterocycles. The van der Waals surface area contributed by atoms with Crippen molar-refractivity contribution in [2.45, 2.75) is 51.5 Å². The largest absolute Gasteiger partial charge is 0.463 e. The van der Waals surface area contributed by atoms with E-state index < -0.39 is 12.0 Å². The summed E-state index contributed by atoms with van der Waals surface area (Å²) in [7, 11) is 0. The van der Waals surface area contributed by atoms with E-state index in [1.807, 2.05) is 0 Å². The van der Waals surface area contributed by atoms with Crippen LogP contribution in [0.3, 0.4) is 0 Å². The van der Waals surface area contributed by atoms with Gasteiger partial charge in [0, 0.05) is 12.3 Å². The molecule has 1 rings (SSSR count). The molecule has 4 nitrogen and oxygen atoms in total. The number of hydrogen-bond donors (Lipinski definition) is 1. The lowest BCUT2D eigenvalue weighted by atomic mass is 9.88. The summed E-state index contributed by atoms with van der Waals surface area (Å²) in [5, 5.41) is 2.71. The molecule has 1 aliphatic rings.